The van der Waals surface area contributed by atoms with Crippen LogP contribution < -0.4 is 9.47 Å². The maximum atomic E-state index is 12.5. The van der Waals surface area contributed by atoms with E-state index in [4.69, 9.17) is 9.47 Å². The van der Waals surface area contributed by atoms with Crippen molar-refractivity contribution in [3.63, 3.8) is 0 Å². The molecule has 0 radical (unpaired) electrons. The Morgan fingerprint density at radius 2 is 1.95 bits per heavy atom. The minimum atomic E-state index is -0.125. The molecule has 0 fully saturated rings. The van der Waals surface area contributed by atoms with Gasteiger partial charge in [0, 0.05) is 30.9 Å². The molecule has 1 N–H and O–H groups in total. The Bertz CT molecular complexity index is 603. The number of rotatable bonds is 5. The van der Waals surface area contributed by atoms with E-state index in [-0.39, 0.29) is 5.91 Å². The molecule has 1 aromatic carbocycles. The smallest absolute Gasteiger partial charge is 0.254 e. The van der Waals surface area contributed by atoms with E-state index in [2.05, 4.69) is 26.1 Å². The van der Waals surface area contributed by atoms with E-state index >= 15 is 0 Å². The van der Waals surface area contributed by atoms with Gasteiger partial charge in [-0.2, -0.15) is 5.10 Å². The van der Waals surface area contributed by atoms with Crippen LogP contribution in [-0.4, -0.2) is 42.3 Å². The Hall–Kier alpha value is -2.02. The van der Waals surface area contributed by atoms with Crippen LogP contribution in [0.3, 0.4) is 0 Å². The van der Waals surface area contributed by atoms with Crippen molar-refractivity contribution in [1.82, 2.24) is 15.1 Å². The van der Waals surface area contributed by atoms with E-state index in [0.717, 1.165) is 5.56 Å². The molecule has 0 saturated carbocycles. The van der Waals surface area contributed by atoms with Crippen molar-refractivity contribution < 1.29 is 14.3 Å². The number of benzene rings is 1. The molecule has 0 aliphatic rings. The summed E-state index contributed by atoms with van der Waals surface area (Å²) in [6, 6.07) is 3.36. The van der Waals surface area contributed by atoms with E-state index in [1.54, 1.807) is 50.7 Å². The molecule has 1 amide bonds. The molecule has 112 valence electrons. The maximum Gasteiger partial charge on any atom is 0.254 e. The molecule has 0 aliphatic heterocycles. The Balaban J connectivity index is 2.26. The van der Waals surface area contributed by atoms with Crippen molar-refractivity contribution in [2.24, 2.45) is 0 Å². The van der Waals surface area contributed by atoms with E-state index < -0.39 is 0 Å². The van der Waals surface area contributed by atoms with Crippen molar-refractivity contribution in [3.8, 4) is 11.5 Å². The Kier molecular flexibility index (Phi) is 4.85. The molecule has 1 aromatic heterocycles. The number of aromatic amines is 1. The first-order valence-electron chi connectivity index (χ1n) is 6.21. The standard InChI is InChI=1S/C14H16BrN3O3/c1-18(8-9-6-16-17-7-9)14(19)10-4-11(20-2)13(15)12(5-10)21-3/h4-7H,8H2,1-3H3,(H,16,17). The zero-order valence-corrected chi connectivity index (χ0v) is 13.6. The number of H-pyrrole nitrogens is 1. The summed E-state index contributed by atoms with van der Waals surface area (Å²) in [5, 5.41) is 6.59. The summed E-state index contributed by atoms with van der Waals surface area (Å²) in [4.78, 5) is 14.1. The van der Waals surface area contributed by atoms with Crippen molar-refractivity contribution in [3.05, 3.63) is 40.1 Å². The van der Waals surface area contributed by atoms with E-state index in [1.165, 1.54) is 0 Å². The highest BCUT2D eigenvalue weighted by molar-refractivity contribution is 9.10. The van der Waals surface area contributed by atoms with Crippen molar-refractivity contribution in [1.29, 1.82) is 0 Å². The fraction of sp³-hybridized carbons (Fsp3) is 0.286. The van der Waals surface area contributed by atoms with Gasteiger partial charge in [0.1, 0.15) is 16.0 Å². The second-order valence-corrected chi connectivity index (χ2v) is 5.26. The molecule has 7 heteroatoms. The lowest BCUT2D eigenvalue weighted by atomic mass is 10.1. The van der Waals surface area contributed by atoms with Gasteiger partial charge in [0.25, 0.3) is 5.91 Å². The van der Waals surface area contributed by atoms with Crippen molar-refractivity contribution >= 4 is 21.8 Å². The van der Waals surface area contributed by atoms with Crippen LogP contribution in [0.2, 0.25) is 0 Å². The van der Waals surface area contributed by atoms with Crippen LogP contribution in [0.25, 0.3) is 0 Å². The zero-order chi connectivity index (χ0) is 15.4. The van der Waals surface area contributed by atoms with Crippen molar-refractivity contribution in [2.45, 2.75) is 6.54 Å². The molecule has 0 spiro atoms. The molecule has 1 heterocycles. The number of carbonyl (C=O) groups excluding carboxylic acids is 1. The van der Waals surface area contributed by atoms with Crippen LogP contribution >= 0.6 is 15.9 Å². The largest absolute Gasteiger partial charge is 0.495 e. The van der Waals surface area contributed by atoms with Gasteiger partial charge in [-0.15, -0.1) is 0 Å². The highest BCUT2D eigenvalue weighted by atomic mass is 79.9. The molecule has 0 aliphatic carbocycles. The number of aromatic nitrogens is 2. The number of nitrogens with one attached hydrogen (secondary N) is 1. The molecule has 0 unspecified atom stereocenters. The van der Waals surface area contributed by atoms with Crippen LogP contribution in [0.5, 0.6) is 11.5 Å². The number of hydrogen-bond acceptors (Lipinski definition) is 4. The summed E-state index contributed by atoms with van der Waals surface area (Å²) in [6.07, 6.45) is 3.44. The third-order valence-corrected chi connectivity index (χ3v) is 3.80. The maximum absolute atomic E-state index is 12.5. The van der Waals surface area contributed by atoms with Gasteiger partial charge in [0.2, 0.25) is 0 Å². The number of carbonyl (C=O) groups is 1. The highest BCUT2D eigenvalue weighted by Crippen LogP contribution is 2.35. The number of methoxy groups -OCH3 is 2. The molecule has 2 rings (SSSR count). The molecule has 0 saturated heterocycles. The first-order valence-corrected chi connectivity index (χ1v) is 7.00. The first-order chi connectivity index (χ1) is 10.1. The summed E-state index contributed by atoms with van der Waals surface area (Å²) >= 11 is 3.38. The Morgan fingerprint density at radius 3 is 2.43 bits per heavy atom. The number of amides is 1. The normalized spacial score (nSPS) is 10.3. The molecule has 2 aromatic rings. The van der Waals surface area contributed by atoms with Gasteiger partial charge in [-0.1, -0.05) is 0 Å². The third kappa shape index (κ3) is 3.36. The van der Waals surface area contributed by atoms with Gasteiger partial charge in [0.15, 0.2) is 0 Å². The average molecular weight is 354 g/mol. The highest BCUT2D eigenvalue weighted by Gasteiger charge is 2.17. The van der Waals surface area contributed by atoms with Gasteiger partial charge in [0.05, 0.1) is 20.4 Å². The summed E-state index contributed by atoms with van der Waals surface area (Å²) in [5.74, 6) is 0.976. The van der Waals surface area contributed by atoms with E-state index in [9.17, 15) is 4.79 Å². The van der Waals surface area contributed by atoms with Gasteiger partial charge in [-0.25, -0.2) is 0 Å². The van der Waals surface area contributed by atoms with Crippen LogP contribution in [0.4, 0.5) is 0 Å². The lowest BCUT2D eigenvalue weighted by Crippen LogP contribution is -2.26. The number of halogens is 1. The van der Waals surface area contributed by atoms with Gasteiger partial charge >= 0.3 is 0 Å². The number of ether oxygens (including phenoxy) is 2. The molecule has 6 nitrogen and oxygen atoms in total. The Morgan fingerprint density at radius 1 is 1.33 bits per heavy atom. The van der Waals surface area contributed by atoms with Gasteiger partial charge < -0.3 is 14.4 Å². The van der Waals surface area contributed by atoms with E-state index in [0.29, 0.717) is 28.1 Å². The van der Waals surface area contributed by atoms with Crippen LogP contribution in [0.1, 0.15) is 15.9 Å². The summed E-state index contributed by atoms with van der Waals surface area (Å²) < 4.78 is 11.2. The third-order valence-electron chi connectivity index (χ3n) is 3.01. The van der Waals surface area contributed by atoms with Crippen molar-refractivity contribution in [2.75, 3.05) is 21.3 Å². The number of nitrogens with zero attached hydrogens (tertiary/aromatic N) is 2. The van der Waals surface area contributed by atoms with Gasteiger partial charge in [-0.05, 0) is 28.1 Å². The molecular weight excluding hydrogens is 338 g/mol. The quantitative estimate of drug-likeness (QED) is 0.896. The SMILES string of the molecule is COc1cc(C(=O)N(C)Cc2cn[nH]c2)cc(OC)c1Br. The van der Waals surface area contributed by atoms with Crippen LogP contribution in [0, 0.1) is 0 Å². The monoisotopic (exact) mass is 353 g/mol. The predicted molar refractivity (Wildman–Crippen MR) is 81.6 cm³/mol. The summed E-state index contributed by atoms with van der Waals surface area (Å²) in [5.41, 5.74) is 1.43. The predicted octanol–water partition coefficient (Wildman–Crippen LogP) is 2.46. The second kappa shape index (κ2) is 6.62. The molecule has 0 bridgehead atoms. The minimum Gasteiger partial charge on any atom is -0.495 e. The van der Waals surface area contributed by atoms with Crippen LogP contribution in [0.15, 0.2) is 29.0 Å². The minimum absolute atomic E-state index is 0.125. The topological polar surface area (TPSA) is 67.5 Å². The molecular formula is C14H16BrN3O3. The van der Waals surface area contributed by atoms with Gasteiger partial charge in [-0.3, -0.25) is 9.89 Å². The second-order valence-electron chi connectivity index (χ2n) is 4.46. The first kappa shape index (κ1) is 15.4. The average Bonchev–Trinajstić information content (AvgIpc) is 2.99. The van der Waals surface area contributed by atoms with Crippen LogP contribution in [-0.2, 0) is 6.54 Å². The lowest BCUT2D eigenvalue weighted by Gasteiger charge is -2.18. The zero-order valence-electron chi connectivity index (χ0n) is 12.0. The molecule has 21 heavy (non-hydrogen) atoms. The number of hydrogen-bond donors (Lipinski definition) is 1. The summed E-state index contributed by atoms with van der Waals surface area (Å²) in [7, 11) is 4.82. The molecule has 0 atom stereocenters. The lowest BCUT2D eigenvalue weighted by molar-refractivity contribution is 0.0784. The van der Waals surface area contributed by atoms with E-state index in [1.807, 2.05) is 0 Å². The Labute approximate surface area is 131 Å². The fourth-order valence-electron chi connectivity index (χ4n) is 1.92. The fourth-order valence-corrected chi connectivity index (χ4v) is 2.48. The summed E-state index contributed by atoms with van der Waals surface area (Å²) in [6.45, 7) is 0.468.